The van der Waals surface area contributed by atoms with Crippen LogP contribution in [0.5, 0.6) is 0 Å². The van der Waals surface area contributed by atoms with Gasteiger partial charge in [-0.2, -0.15) is 0 Å². The Hall–Kier alpha value is -3.14. The van der Waals surface area contributed by atoms with Crippen LogP contribution in [0.3, 0.4) is 0 Å². The minimum absolute atomic E-state index is 0.113. The first kappa shape index (κ1) is 29.4. The van der Waals surface area contributed by atoms with Crippen molar-refractivity contribution in [3.05, 3.63) is 94.2 Å². The normalized spacial score (nSPS) is 12.2. The largest absolute Gasteiger partial charge is 0.352 e. The van der Waals surface area contributed by atoms with Crippen molar-refractivity contribution >= 4 is 50.7 Å². The summed E-state index contributed by atoms with van der Waals surface area (Å²) >= 11 is 12.4. The van der Waals surface area contributed by atoms with Crippen molar-refractivity contribution in [2.75, 3.05) is 10.8 Å². The second kappa shape index (κ2) is 12.6. The van der Waals surface area contributed by atoms with E-state index in [-0.39, 0.29) is 28.2 Å². The fourth-order valence-electron chi connectivity index (χ4n) is 3.71. The quantitative estimate of drug-likeness (QED) is 0.354. The maximum Gasteiger partial charge on any atom is 0.264 e. The zero-order valence-electron chi connectivity index (χ0n) is 21.1. The van der Waals surface area contributed by atoms with Gasteiger partial charge >= 0.3 is 0 Å². The van der Waals surface area contributed by atoms with Gasteiger partial charge < -0.3 is 10.2 Å². The van der Waals surface area contributed by atoms with Crippen LogP contribution < -0.4 is 9.62 Å². The number of halogens is 3. The third-order valence-corrected chi connectivity index (χ3v) is 8.05. The average Bonchev–Trinajstić information content (AvgIpc) is 2.87. The molecular weight excluding hydrogens is 552 g/mol. The van der Waals surface area contributed by atoms with Crippen molar-refractivity contribution in [3.63, 3.8) is 0 Å². The van der Waals surface area contributed by atoms with Crippen molar-refractivity contribution in [2.45, 2.75) is 44.3 Å². The smallest absolute Gasteiger partial charge is 0.264 e. The van der Waals surface area contributed by atoms with Crippen molar-refractivity contribution in [3.8, 4) is 0 Å². The number of benzene rings is 3. The number of anilines is 1. The van der Waals surface area contributed by atoms with E-state index in [1.54, 1.807) is 32.0 Å². The molecule has 0 heterocycles. The highest BCUT2D eigenvalue weighted by molar-refractivity contribution is 7.92. The Labute approximate surface area is 232 Å². The lowest BCUT2D eigenvalue weighted by Gasteiger charge is -2.32. The third kappa shape index (κ3) is 7.03. The van der Waals surface area contributed by atoms with Crippen LogP contribution in [0.1, 0.15) is 26.3 Å². The van der Waals surface area contributed by atoms with Gasteiger partial charge in [0.15, 0.2) is 0 Å². The van der Waals surface area contributed by atoms with Crippen molar-refractivity contribution < 1.29 is 22.4 Å². The maximum atomic E-state index is 14.9. The van der Waals surface area contributed by atoms with Gasteiger partial charge in [-0.25, -0.2) is 12.8 Å². The van der Waals surface area contributed by atoms with E-state index < -0.39 is 40.2 Å². The molecule has 0 aliphatic rings. The summed E-state index contributed by atoms with van der Waals surface area (Å²) in [5.74, 6) is -2.00. The lowest BCUT2D eigenvalue weighted by atomic mass is 10.1. The number of hydrogen-bond acceptors (Lipinski definition) is 4. The molecule has 0 spiro atoms. The van der Waals surface area contributed by atoms with Crippen LogP contribution in [0, 0.1) is 5.82 Å². The first-order valence-electron chi connectivity index (χ1n) is 11.8. The number of rotatable bonds is 10. The number of para-hydroxylation sites is 1. The summed E-state index contributed by atoms with van der Waals surface area (Å²) in [5, 5.41) is 3.42. The number of amides is 2. The molecule has 3 aromatic carbocycles. The molecule has 11 heteroatoms. The molecule has 0 bridgehead atoms. The van der Waals surface area contributed by atoms with E-state index in [1.807, 2.05) is 0 Å². The van der Waals surface area contributed by atoms with Gasteiger partial charge in [0.05, 0.1) is 10.6 Å². The molecule has 2 amide bonds. The number of sulfonamides is 1. The minimum Gasteiger partial charge on any atom is -0.352 e. The molecule has 0 radical (unpaired) electrons. The Bertz CT molecular complexity index is 1400. The van der Waals surface area contributed by atoms with E-state index in [4.69, 9.17) is 23.2 Å². The van der Waals surface area contributed by atoms with E-state index >= 15 is 0 Å². The van der Waals surface area contributed by atoms with Gasteiger partial charge in [0.25, 0.3) is 10.0 Å². The molecule has 0 saturated heterocycles. The van der Waals surface area contributed by atoms with Gasteiger partial charge in [-0.3, -0.25) is 13.9 Å². The van der Waals surface area contributed by atoms with E-state index in [2.05, 4.69) is 5.32 Å². The summed E-state index contributed by atoms with van der Waals surface area (Å²) in [6, 6.07) is 16.2. The Balaban J connectivity index is 2.05. The minimum atomic E-state index is -4.36. The highest BCUT2D eigenvalue weighted by Gasteiger charge is 2.33. The van der Waals surface area contributed by atoms with Gasteiger partial charge in [-0.15, -0.1) is 0 Å². The Morgan fingerprint density at radius 3 is 2.18 bits per heavy atom. The van der Waals surface area contributed by atoms with Crippen LogP contribution in [-0.4, -0.2) is 43.8 Å². The Kier molecular flexibility index (Phi) is 9.76. The van der Waals surface area contributed by atoms with Gasteiger partial charge in [0, 0.05) is 22.6 Å². The number of nitrogens with one attached hydrogen (secondary N) is 1. The second-order valence-electron chi connectivity index (χ2n) is 8.87. The summed E-state index contributed by atoms with van der Waals surface area (Å²) in [6.07, 6.45) is 0. The molecule has 1 unspecified atom stereocenters. The van der Waals surface area contributed by atoms with E-state index in [1.165, 1.54) is 60.4 Å². The van der Waals surface area contributed by atoms with Crippen molar-refractivity contribution in [1.82, 2.24) is 10.2 Å². The zero-order chi connectivity index (χ0) is 28.0. The molecule has 7 nitrogen and oxygen atoms in total. The number of carbonyl (C=O) groups excluding carboxylic acids is 2. The van der Waals surface area contributed by atoms with E-state index in [9.17, 15) is 22.4 Å². The van der Waals surface area contributed by atoms with Crippen LogP contribution in [0.2, 0.25) is 10.0 Å². The highest BCUT2D eigenvalue weighted by Crippen LogP contribution is 2.28. The number of hydrogen-bond donors (Lipinski definition) is 1. The van der Waals surface area contributed by atoms with Crippen LogP contribution in [0.25, 0.3) is 0 Å². The van der Waals surface area contributed by atoms with Crippen LogP contribution in [0.15, 0.2) is 77.7 Å². The molecule has 3 aromatic rings. The van der Waals surface area contributed by atoms with Gasteiger partial charge in [0.1, 0.15) is 18.4 Å². The maximum absolute atomic E-state index is 14.9. The summed E-state index contributed by atoms with van der Waals surface area (Å²) in [6.45, 7) is 4.21. The molecular formula is C27H28Cl2FN3O4S. The summed E-state index contributed by atoms with van der Waals surface area (Å²) < 4.78 is 42.8. The monoisotopic (exact) mass is 579 g/mol. The fourth-order valence-corrected chi connectivity index (χ4v) is 5.62. The molecule has 0 aromatic heterocycles. The molecule has 38 heavy (non-hydrogen) atoms. The molecule has 0 aliphatic heterocycles. The number of carbonyl (C=O) groups is 2. The van der Waals surface area contributed by atoms with Gasteiger partial charge in [0.2, 0.25) is 11.8 Å². The molecule has 1 N–H and O–H groups in total. The average molecular weight is 581 g/mol. The van der Waals surface area contributed by atoms with Crippen LogP contribution in [-0.2, 0) is 26.2 Å². The molecule has 0 saturated carbocycles. The summed E-state index contributed by atoms with van der Waals surface area (Å²) in [5.41, 5.74) is 0.199. The lowest BCUT2D eigenvalue weighted by molar-refractivity contribution is -0.139. The predicted octanol–water partition coefficient (Wildman–Crippen LogP) is 5.27. The SMILES string of the molecule is CC(C)NC(=O)C(C)N(Cc1ccc(Cl)cc1Cl)C(=O)CN(c1ccccc1F)S(=O)(=O)c1ccccc1. The summed E-state index contributed by atoms with van der Waals surface area (Å²) in [7, 11) is -4.36. The summed E-state index contributed by atoms with van der Waals surface area (Å²) in [4.78, 5) is 27.8. The highest BCUT2D eigenvalue weighted by atomic mass is 35.5. The number of nitrogens with zero attached hydrogens (tertiary/aromatic N) is 2. The van der Waals surface area contributed by atoms with Crippen molar-refractivity contribution in [2.24, 2.45) is 0 Å². The molecule has 3 rings (SSSR count). The molecule has 1 atom stereocenters. The topological polar surface area (TPSA) is 86.8 Å². The predicted molar refractivity (Wildman–Crippen MR) is 147 cm³/mol. The van der Waals surface area contributed by atoms with E-state index in [0.29, 0.717) is 14.9 Å². The Morgan fingerprint density at radius 2 is 1.58 bits per heavy atom. The second-order valence-corrected chi connectivity index (χ2v) is 11.6. The van der Waals surface area contributed by atoms with Crippen LogP contribution >= 0.6 is 23.2 Å². The van der Waals surface area contributed by atoms with Gasteiger partial charge in [-0.05, 0) is 62.7 Å². The Morgan fingerprint density at radius 1 is 0.947 bits per heavy atom. The first-order valence-corrected chi connectivity index (χ1v) is 14.0. The van der Waals surface area contributed by atoms with Crippen molar-refractivity contribution in [1.29, 1.82) is 0 Å². The standard InChI is InChI=1S/C27H28Cl2FN3O4S/c1-18(2)31-27(35)19(3)32(16-20-13-14-21(28)15-23(20)29)26(34)17-33(25-12-8-7-11-24(25)30)38(36,37)22-9-5-4-6-10-22/h4-15,18-19H,16-17H2,1-3H3,(H,31,35). The first-order chi connectivity index (χ1) is 17.9. The third-order valence-electron chi connectivity index (χ3n) is 5.69. The lowest BCUT2D eigenvalue weighted by Crippen LogP contribution is -2.52. The van der Waals surface area contributed by atoms with E-state index in [0.717, 1.165) is 6.07 Å². The molecule has 0 aliphatic carbocycles. The molecule has 202 valence electrons. The molecule has 0 fully saturated rings. The van der Waals surface area contributed by atoms with Gasteiger partial charge in [-0.1, -0.05) is 59.6 Å². The fraction of sp³-hybridized carbons (Fsp3) is 0.259. The zero-order valence-corrected chi connectivity index (χ0v) is 23.4. The van der Waals surface area contributed by atoms with Crippen LogP contribution in [0.4, 0.5) is 10.1 Å².